The lowest BCUT2D eigenvalue weighted by atomic mass is 10.0. The van der Waals surface area contributed by atoms with Crippen LogP contribution in [0.3, 0.4) is 0 Å². The molecule has 118 valence electrons. The van der Waals surface area contributed by atoms with Gasteiger partial charge in [-0.15, -0.1) is 0 Å². The summed E-state index contributed by atoms with van der Waals surface area (Å²) in [6.45, 7) is 0. The zero-order valence-electron chi connectivity index (χ0n) is 12.1. The molecule has 1 atom stereocenters. The Balaban J connectivity index is 1.95. The molecule has 0 saturated heterocycles. The molecule has 1 heterocycles. The second-order valence-corrected chi connectivity index (χ2v) is 8.26. The summed E-state index contributed by atoms with van der Waals surface area (Å²) in [4.78, 5) is 14.5. The third kappa shape index (κ3) is 3.20. The molecule has 0 bridgehead atoms. The molecular formula is C16H18ClNO3S. The molecule has 1 aromatic carbocycles. The SMILES string of the molecule is O=C(C1CCCC1)N(c1cccc(Cl)c1)[C@H]1C=CS(=O)(=O)C1. The molecule has 6 heteroatoms. The molecule has 1 aliphatic heterocycles. The molecule has 1 aliphatic carbocycles. The standard InChI is InChI=1S/C16H18ClNO3S/c17-13-6-3-7-14(10-13)18(15-8-9-22(20,21)11-15)16(19)12-4-1-2-5-12/h3,6-10,12,15H,1-2,4-5,11H2/t15-/m0/s1. The van der Waals surface area contributed by atoms with Crippen LogP contribution >= 0.6 is 11.6 Å². The van der Waals surface area contributed by atoms with Crippen molar-refractivity contribution in [1.82, 2.24) is 0 Å². The second kappa shape index (κ2) is 6.05. The lowest BCUT2D eigenvalue weighted by Crippen LogP contribution is -2.44. The fraction of sp³-hybridized carbons (Fsp3) is 0.438. The summed E-state index contributed by atoms with van der Waals surface area (Å²) in [7, 11) is -3.22. The van der Waals surface area contributed by atoms with E-state index in [4.69, 9.17) is 11.6 Å². The van der Waals surface area contributed by atoms with E-state index in [0.29, 0.717) is 10.7 Å². The topological polar surface area (TPSA) is 54.5 Å². The van der Waals surface area contributed by atoms with Crippen molar-refractivity contribution in [1.29, 1.82) is 0 Å². The monoisotopic (exact) mass is 339 g/mol. The summed E-state index contributed by atoms with van der Waals surface area (Å²) < 4.78 is 23.5. The predicted octanol–water partition coefficient (Wildman–Crippen LogP) is 3.17. The molecule has 1 fully saturated rings. The first-order chi connectivity index (χ1) is 10.5. The Morgan fingerprint density at radius 1 is 1.23 bits per heavy atom. The summed E-state index contributed by atoms with van der Waals surface area (Å²) in [5.74, 6) is -0.0694. The molecule has 3 rings (SSSR count). The highest BCUT2D eigenvalue weighted by atomic mass is 35.5. The van der Waals surface area contributed by atoms with Gasteiger partial charge in [0.1, 0.15) is 0 Å². The van der Waals surface area contributed by atoms with E-state index in [9.17, 15) is 13.2 Å². The van der Waals surface area contributed by atoms with Crippen molar-refractivity contribution in [3.05, 3.63) is 40.8 Å². The molecular weight excluding hydrogens is 322 g/mol. The lowest BCUT2D eigenvalue weighted by Gasteiger charge is -2.30. The van der Waals surface area contributed by atoms with E-state index in [1.54, 1.807) is 35.2 Å². The zero-order valence-corrected chi connectivity index (χ0v) is 13.7. The molecule has 1 saturated carbocycles. The van der Waals surface area contributed by atoms with E-state index >= 15 is 0 Å². The highest BCUT2D eigenvalue weighted by Gasteiger charge is 2.35. The van der Waals surface area contributed by atoms with Crippen molar-refractivity contribution in [2.45, 2.75) is 31.7 Å². The number of nitrogens with zero attached hydrogens (tertiary/aromatic N) is 1. The number of sulfone groups is 1. The molecule has 2 aliphatic rings. The minimum absolute atomic E-state index is 0.00603. The van der Waals surface area contributed by atoms with E-state index in [-0.39, 0.29) is 17.6 Å². The number of carbonyl (C=O) groups is 1. The minimum Gasteiger partial charge on any atom is -0.304 e. The molecule has 22 heavy (non-hydrogen) atoms. The maximum Gasteiger partial charge on any atom is 0.230 e. The van der Waals surface area contributed by atoms with Gasteiger partial charge in [-0.3, -0.25) is 4.79 Å². The zero-order chi connectivity index (χ0) is 15.7. The molecule has 1 aromatic rings. The Morgan fingerprint density at radius 3 is 2.55 bits per heavy atom. The molecule has 1 amide bonds. The van der Waals surface area contributed by atoms with E-state index in [1.807, 2.05) is 0 Å². The summed E-state index contributed by atoms with van der Waals surface area (Å²) in [6.07, 6.45) is 5.46. The van der Waals surface area contributed by atoms with E-state index in [2.05, 4.69) is 0 Å². The van der Waals surface area contributed by atoms with Gasteiger partial charge < -0.3 is 4.90 Å². The van der Waals surface area contributed by atoms with E-state index in [1.165, 1.54) is 5.41 Å². The Kier molecular flexibility index (Phi) is 4.28. The van der Waals surface area contributed by atoms with Crippen LogP contribution in [0.25, 0.3) is 0 Å². The Morgan fingerprint density at radius 2 is 1.95 bits per heavy atom. The van der Waals surface area contributed by atoms with Crippen molar-refractivity contribution in [3.63, 3.8) is 0 Å². The fourth-order valence-corrected chi connectivity index (χ4v) is 4.65. The average Bonchev–Trinajstić information content (AvgIpc) is 3.09. The van der Waals surface area contributed by atoms with Crippen LogP contribution in [0, 0.1) is 5.92 Å². The first-order valence-electron chi connectivity index (χ1n) is 7.46. The van der Waals surface area contributed by atoms with Crippen LogP contribution in [0.2, 0.25) is 5.02 Å². The third-order valence-electron chi connectivity index (χ3n) is 4.27. The van der Waals surface area contributed by atoms with Crippen LogP contribution in [-0.4, -0.2) is 26.1 Å². The third-order valence-corrected chi connectivity index (χ3v) is 5.88. The van der Waals surface area contributed by atoms with Crippen molar-refractivity contribution < 1.29 is 13.2 Å². The Hall–Kier alpha value is -1.33. The number of benzene rings is 1. The summed E-state index contributed by atoms with van der Waals surface area (Å²) in [5.41, 5.74) is 0.663. The first-order valence-corrected chi connectivity index (χ1v) is 9.55. The van der Waals surface area contributed by atoms with E-state index in [0.717, 1.165) is 25.7 Å². The predicted molar refractivity (Wildman–Crippen MR) is 87.6 cm³/mol. The van der Waals surface area contributed by atoms with Crippen LogP contribution in [0.15, 0.2) is 35.7 Å². The fourth-order valence-electron chi connectivity index (χ4n) is 3.20. The van der Waals surface area contributed by atoms with Crippen LogP contribution < -0.4 is 4.90 Å². The summed E-state index contributed by atoms with van der Waals surface area (Å²) >= 11 is 6.04. The van der Waals surface area contributed by atoms with Crippen LogP contribution in [0.4, 0.5) is 5.69 Å². The van der Waals surface area contributed by atoms with Crippen molar-refractivity contribution in [3.8, 4) is 0 Å². The number of amides is 1. The molecule has 0 aromatic heterocycles. The average molecular weight is 340 g/mol. The normalized spacial score (nSPS) is 23.8. The van der Waals surface area contributed by atoms with Crippen molar-refractivity contribution >= 4 is 33.0 Å². The van der Waals surface area contributed by atoms with Crippen LogP contribution in [0.5, 0.6) is 0 Å². The van der Waals surface area contributed by atoms with Gasteiger partial charge in [-0.1, -0.05) is 30.5 Å². The summed E-state index contributed by atoms with van der Waals surface area (Å²) in [6, 6.07) is 6.59. The maximum atomic E-state index is 12.9. The summed E-state index contributed by atoms with van der Waals surface area (Å²) in [5, 5.41) is 1.74. The smallest absolute Gasteiger partial charge is 0.230 e. The largest absolute Gasteiger partial charge is 0.304 e. The van der Waals surface area contributed by atoms with E-state index < -0.39 is 15.9 Å². The number of anilines is 1. The second-order valence-electron chi connectivity index (χ2n) is 5.89. The van der Waals surface area contributed by atoms with Crippen LogP contribution in [-0.2, 0) is 14.6 Å². The molecule has 0 spiro atoms. The van der Waals surface area contributed by atoms with Gasteiger partial charge in [-0.2, -0.15) is 0 Å². The highest BCUT2D eigenvalue weighted by Crippen LogP contribution is 2.32. The Labute approximate surface area is 135 Å². The van der Waals surface area contributed by atoms with Gasteiger partial charge in [0, 0.05) is 22.0 Å². The first kappa shape index (κ1) is 15.6. The molecule has 0 radical (unpaired) electrons. The number of halogens is 1. The van der Waals surface area contributed by atoms with Crippen molar-refractivity contribution in [2.24, 2.45) is 5.92 Å². The van der Waals surface area contributed by atoms with Gasteiger partial charge in [0.15, 0.2) is 9.84 Å². The van der Waals surface area contributed by atoms with Crippen molar-refractivity contribution in [2.75, 3.05) is 10.7 Å². The van der Waals surface area contributed by atoms with Gasteiger partial charge in [-0.25, -0.2) is 8.42 Å². The van der Waals surface area contributed by atoms with Gasteiger partial charge >= 0.3 is 0 Å². The minimum atomic E-state index is -3.22. The van der Waals surface area contributed by atoms with Gasteiger partial charge in [0.05, 0.1) is 11.8 Å². The van der Waals surface area contributed by atoms with Gasteiger partial charge in [0.25, 0.3) is 0 Å². The van der Waals surface area contributed by atoms with Gasteiger partial charge in [0.2, 0.25) is 5.91 Å². The van der Waals surface area contributed by atoms with Crippen LogP contribution in [0.1, 0.15) is 25.7 Å². The quantitative estimate of drug-likeness (QED) is 0.850. The number of hydrogen-bond acceptors (Lipinski definition) is 3. The lowest BCUT2D eigenvalue weighted by molar-refractivity contribution is -0.122. The number of carbonyl (C=O) groups excluding carboxylic acids is 1. The number of rotatable bonds is 3. The molecule has 0 N–H and O–H groups in total. The maximum absolute atomic E-state index is 12.9. The number of hydrogen-bond donors (Lipinski definition) is 0. The molecule has 4 nitrogen and oxygen atoms in total. The molecule has 0 unspecified atom stereocenters. The van der Waals surface area contributed by atoms with Gasteiger partial charge in [-0.05, 0) is 37.1 Å². The Bertz CT molecular complexity index is 708. The highest BCUT2D eigenvalue weighted by molar-refractivity contribution is 7.94.